The van der Waals surface area contributed by atoms with E-state index in [4.69, 9.17) is 5.73 Å². The van der Waals surface area contributed by atoms with E-state index >= 15 is 0 Å². The van der Waals surface area contributed by atoms with E-state index in [1.54, 1.807) is 11.3 Å². The van der Waals surface area contributed by atoms with Crippen molar-refractivity contribution < 1.29 is 0 Å². The summed E-state index contributed by atoms with van der Waals surface area (Å²) < 4.78 is 0. The lowest BCUT2D eigenvalue weighted by molar-refractivity contribution is 0.378. The van der Waals surface area contributed by atoms with Gasteiger partial charge in [-0.15, -0.1) is 11.3 Å². The fraction of sp³-hybridized carbons (Fsp3) is 0.750. The third kappa shape index (κ3) is 3.28. The third-order valence-electron chi connectivity index (χ3n) is 2.43. The standard InChI is InChI=1S/C12H22N2S/c1-8(2)6-12(5,13)11-14-10(7-15-11)9(3)4/h7-9H,6,13H2,1-5H3. The van der Waals surface area contributed by atoms with Crippen molar-refractivity contribution in [3.63, 3.8) is 0 Å². The van der Waals surface area contributed by atoms with Gasteiger partial charge in [0.15, 0.2) is 0 Å². The number of hydrogen-bond donors (Lipinski definition) is 1. The van der Waals surface area contributed by atoms with Gasteiger partial charge >= 0.3 is 0 Å². The van der Waals surface area contributed by atoms with Crippen molar-refractivity contribution in [1.82, 2.24) is 4.98 Å². The fourth-order valence-corrected chi connectivity index (χ4v) is 2.82. The first-order valence-electron chi connectivity index (χ1n) is 5.57. The van der Waals surface area contributed by atoms with Gasteiger partial charge in [0.1, 0.15) is 5.01 Å². The monoisotopic (exact) mass is 226 g/mol. The molecule has 1 heterocycles. The number of aromatic nitrogens is 1. The molecule has 2 nitrogen and oxygen atoms in total. The summed E-state index contributed by atoms with van der Waals surface area (Å²) in [5.41, 5.74) is 7.19. The predicted molar refractivity (Wildman–Crippen MR) is 67.2 cm³/mol. The van der Waals surface area contributed by atoms with Crippen molar-refractivity contribution in [2.75, 3.05) is 0 Å². The lowest BCUT2D eigenvalue weighted by Crippen LogP contribution is -2.34. The summed E-state index contributed by atoms with van der Waals surface area (Å²) >= 11 is 1.69. The molecule has 0 aliphatic heterocycles. The molecule has 0 amide bonds. The number of nitrogens with two attached hydrogens (primary N) is 1. The number of nitrogens with zero attached hydrogens (tertiary/aromatic N) is 1. The van der Waals surface area contributed by atoms with Crippen LogP contribution in [-0.4, -0.2) is 4.98 Å². The zero-order chi connectivity index (χ0) is 11.6. The van der Waals surface area contributed by atoms with Crippen LogP contribution in [-0.2, 0) is 5.54 Å². The molecule has 0 fully saturated rings. The Bertz CT molecular complexity index is 313. The molecule has 1 aromatic rings. The Kier molecular flexibility index (Phi) is 3.90. The molecule has 0 aromatic carbocycles. The molecular formula is C12H22N2S. The van der Waals surface area contributed by atoms with Gasteiger partial charge in [-0.05, 0) is 25.2 Å². The summed E-state index contributed by atoms with van der Waals surface area (Å²) in [7, 11) is 0. The summed E-state index contributed by atoms with van der Waals surface area (Å²) in [6.07, 6.45) is 0.984. The van der Waals surface area contributed by atoms with Gasteiger partial charge in [0, 0.05) is 5.38 Å². The molecule has 1 unspecified atom stereocenters. The van der Waals surface area contributed by atoms with Crippen LogP contribution in [0.5, 0.6) is 0 Å². The first-order chi connectivity index (χ1) is 6.83. The Labute approximate surface area is 96.9 Å². The number of thiazole rings is 1. The van der Waals surface area contributed by atoms with Crippen LogP contribution in [0.1, 0.15) is 57.7 Å². The first-order valence-corrected chi connectivity index (χ1v) is 6.45. The molecule has 1 aromatic heterocycles. The normalized spacial score (nSPS) is 16.0. The Morgan fingerprint density at radius 2 is 2.00 bits per heavy atom. The molecule has 0 saturated heterocycles. The van der Waals surface area contributed by atoms with E-state index in [0.717, 1.165) is 17.1 Å². The van der Waals surface area contributed by atoms with E-state index < -0.39 is 0 Å². The largest absolute Gasteiger partial charge is 0.320 e. The summed E-state index contributed by atoms with van der Waals surface area (Å²) in [5.74, 6) is 1.09. The summed E-state index contributed by atoms with van der Waals surface area (Å²) in [5, 5.41) is 3.20. The molecule has 0 bridgehead atoms. The van der Waals surface area contributed by atoms with E-state index in [1.165, 1.54) is 0 Å². The van der Waals surface area contributed by atoms with E-state index in [2.05, 4.69) is 45.0 Å². The molecule has 2 N–H and O–H groups in total. The molecule has 86 valence electrons. The van der Waals surface area contributed by atoms with Gasteiger partial charge < -0.3 is 5.73 Å². The maximum absolute atomic E-state index is 6.30. The van der Waals surface area contributed by atoms with Crippen LogP contribution < -0.4 is 5.73 Å². The zero-order valence-electron chi connectivity index (χ0n) is 10.4. The summed E-state index contributed by atoms with van der Waals surface area (Å²) in [6.45, 7) is 10.8. The van der Waals surface area contributed by atoms with Gasteiger partial charge in [-0.2, -0.15) is 0 Å². The van der Waals surface area contributed by atoms with Gasteiger partial charge in [0.2, 0.25) is 0 Å². The smallest absolute Gasteiger partial charge is 0.112 e. The van der Waals surface area contributed by atoms with Gasteiger partial charge in [0.25, 0.3) is 0 Å². The van der Waals surface area contributed by atoms with Crippen molar-refractivity contribution in [3.05, 3.63) is 16.1 Å². The second-order valence-electron chi connectivity index (χ2n) is 5.25. The highest BCUT2D eigenvalue weighted by Gasteiger charge is 2.26. The molecule has 0 aliphatic carbocycles. The second kappa shape index (κ2) is 4.62. The molecule has 1 rings (SSSR count). The van der Waals surface area contributed by atoms with Crippen molar-refractivity contribution in [2.24, 2.45) is 11.7 Å². The SMILES string of the molecule is CC(C)CC(C)(N)c1nc(C(C)C)cs1. The van der Waals surface area contributed by atoms with Crippen LogP contribution in [0.25, 0.3) is 0 Å². The Hall–Kier alpha value is -0.410. The minimum Gasteiger partial charge on any atom is -0.320 e. The molecule has 3 heteroatoms. The molecule has 0 spiro atoms. The second-order valence-corrected chi connectivity index (χ2v) is 6.11. The van der Waals surface area contributed by atoms with E-state index in [9.17, 15) is 0 Å². The van der Waals surface area contributed by atoms with Gasteiger partial charge in [-0.1, -0.05) is 27.7 Å². The van der Waals surface area contributed by atoms with E-state index in [-0.39, 0.29) is 5.54 Å². The summed E-state index contributed by atoms with van der Waals surface area (Å²) in [6, 6.07) is 0. The minimum absolute atomic E-state index is 0.272. The minimum atomic E-state index is -0.272. The summed E-state index contributed by atoms with van der Waals surface area (Å²) in [4.78, 5) is 4.63. The quantitative estimate of drug-likeness (QED) is 0.853. The van der Waals surface area contributed by atoms with Crippen LogP contribution in [0.15, 0.2) is 5.38 Å². The molecule has 15 heavy (non-hydrogen) atoms. The van der Waals surface area contributed by atoms with Gasteiger partial charge in [-0.3, -0.25) is 0 Å². The van der Waals surface area contributed by atoms with E-state index in [1.807, 2.05) is 0 Å². The van der Waals surface area contributed by atoms with Crippen molar-refractivity contribution in [1.29, 1.82) is 0 Å². The number of rotatable bonds is 4. The topological polar surface area (TPSA) is 38.9 Å². The highest BCUT2D eigenvalue weighted by Crippen LogP contribution is 2.29. The van der Waals surface area contributed by atoms with Crippen LogP contribution in [0.2, 0.25) is 0 Å². The van der Waals surface area contributed by atoms with Crippen LogP contribution in [0, 0.1) is 5.92 Å². The lowest BCUT2D eigenvalue weighted by atomic mass is 9.92. The molecule has 0 aliphatic rings. The molecule has 0 saturated carbocycles. The van der Waals surface area contributed by atoms with Crippen molar-refractivity contribution >= 4 is 11.3 Å². The molecule has 0 radical (unpaired) electrons. The van der Waals surface area contributed by atoms with Crippen molar-refractivity contribution in [3.8, 4) is 0 Å². The first kappa shape index (κ1) is 12.7. The molecular weight excluding hydrogens is 204 g/mol. The van der Waals surface area contributed by atoms with Crippen LogP contribution >= 0.6 is 11.3 Å². The maximum atomic E-state index is 6.30. The Morgan fingerprint density at radius 1 is 1.40 bits per heavy atom. The van der Waals surface area contributed by atoms with Crippen LogP contribution in [0.3, 0.4) is 0 Å². The Morgan fingerprint density at radius 3 is 2.40 bits per heavy atom. The van der Waals surface area contributed by atoms with Gasteiger partial charge in [-0.25, -0.2) is 4.98 Å². The number of hydrogen-bond acceptors (Lipinski definition) is 3. The van der Waals surface area contributed by atoms with Crippen molar-refractivity contribution in [2.45, 2.75) is 52.5 Å². The zero-order valence-corrected chi connectivity index (χ0v) is 11.2. The van der Waals surface area contributed by atoms with E-state index in [0.29, 0.717) is 11.8 Å². The fourth-order valence-electron chi connectivity index (χ4n) is 1.75. The average Bonchev–Trinajstić information content (AvgIpc) is 2.48. The Balaban J connectivity index is 2.85. The average molecular weight is 226 g/mol. The van der Waals surface area contributed by atoms with Crippen LogP contribution in [0.4, 0.5) is 0 Å². The highest BCUT2D eigenvalue weighted by atomic mass is 32.1. The lowest BCUT2D eigenvalue weighted by Gasteiger charge is -2.24. The van der Waals surface area contributed by atoms with Gasteiger partial charge in [0.05, 0.1) is 11.2 Å². The predicted octanol–water partition coefficient (Wildman–Crippen LogP) is 3.49. The molecule has 1 atom stereocenters. The maximum Gasteiger partial charge on any atom is 0.112 e. The highest BCUT2D eigenvalue weighted by molar-refractivity contribution is 7.09. The third-order valence-corrected chi connectivity index (χ3v) is 3.57.